The third-order valence-electron chi connectivity index (χ3n) is 3.81. The van der Waals surface area contributed by atoms with Crippen LogP contribution in [0, 0.1) is 6.92 Å². The summed E-state index contributed by atoms with van der Waals surface area (Å²) >= 11 is 0. The second kappa shape index (κ2) is 10.0. The quantitative estimate of drug-likeness (QED) is 0.555. The molecule has 0 heterocycles. The van der Waals surface area contributed by atoms with Crippen molar-refractivity contribution >= 4 is 23.6 Å². The molecule has 0 unspecified atom stereocenters. The third kappa shape index (κ3) is 5.51. The van der Waals surface area contributed by atoms with Gasteiger partial charge in [0.15, 0.2) is 18.1 Å². The first kappa shape index (κ1) is 20.8. The monoisotopic (exact) mass is 385 g/mol. The second-order valence-electron chi connectivity index (χ2n) is 5.78. The van der Waals surface area contributed by atoms with Crippen LogP contribution in [0.15, 0.2) is 42.5 Å². The fraction of sp³-hybridized carbons (Fsp3) is 0.238. The first-order valence-electron chi connectivity index (χ1n) is 8.48. The van der Waals surface area contributed by atoms with Crippen LogP contribution in [0.3, 0.4) is 0 Å². The number of carbonyl (C=O) groups excluding carboxylic acids is 2. The van der Waals surface area contributed by atoms with Crippen molar-refractivity contribution in [3.05, 3.63) is 53.6 Å². The van der Waals surface area contributed by atoms with E-state index in [1.807, 2.05) is 13.0 Å². The fourth-order valence-electron chi connectivity index (χ4n) is 2.49. The first-order valence-corrected chi connectivity index (χ1v) is 8.48. The number of anilines is 1. The number of nitrogens with one attached hydrogen (secondary N) is 1. The Bertz CT molecular complexity index is 875. The lowest BCUT2D eigenvalue weighted by molar-refractivity contribution is -0.142. The van der Waals surface area contributed by atoms with Crippen molar-refractivity contribution in [2.24, 2.45) is 0 Å². The third-order valence-corrected chi connectivity index (χ3v) is 3.81. The van der Waals surface area contributed by atoms with Gasteiger partial charge in [0, 0.05) is 11.6 Å². The van der Waals surface area contributed by atoms with Crippen LogP contribution in [-0.4, -0.2) is 39.8 Å². The molecule has 2 aromatic rings. The number of para-hydroxylation sites is 1. The highest BCUT2D eigenvalue weighted by Gasteiger charge is 2.11. The Morgan fingerprint density at radius 1 is 1.00 bits per heavy atom. The average molecular weight is 385 g/mol. The molecule has 7 nitrogen and oxygen atoms in total. The van der Waals surface area contributed by atoms with Gasteiger partial charge in [-0.25, -0.2) is 4.79 Å². The smallest absolute Gasteiger partial charge is 0.331 e. The summed E-state index contributed by atoms with van der Waals surface area (Å²) in [6.07, 6.45) is 2.75. The summed E-state index contributed by atoms with van der Waals surface area (Å²) in [6.45, 7) is 1.47. The van der Waals surface area contributed by atoms with E-state index in [2.05, 4.69) is 5.32 Å². The highest BCUT2D eigenvalue weighted by Crippen LogP contribution is 2.31. The highest BCUT2D eigenvalue weighted by molar-refractivity contribution is 5.95. The minimum atomic E-state index is -0.656. The molecule has 0 aliphatic rings. The van der Waals surface area contributed by atoms with Gasteiger partial charge >= 0.3 is 5.97 Å². The van der Waals surface area contributed by atoms with Crippen molar-refractivity contribution in [1.29, 1.82) is 0 Å². The Morgan fingerprint density at radius 2 is 1.75 bits per heavy atom. The molecule has 2 rings (SSSR count). The van der Waals surface area contributed by atoms with Crippen molar-refractivity contribution in [3.63, 3.8) is 0 Å². The van der Waals surface area contributed by atoms with E-state index in [-0.39, 0.29) is 0 Å². The van der Waals surface area contributed by atoms with Gasteiger partial charge in [0.25, 0.3) is 5.91 Å². The zero-order valence-corrected chi connectivity index (χ0v) is 16.3. The van der Waals surface area contributed by atoms with Gasteiger partial charge < -0.3 is 24.3 Å². The molecule has 2 aromatic carbocycles. The summed E-state index contributed by atoms with van der Waals surface area (Å²) in [7, 11) is 4.55. The molecule has 0 aromatic heterocycles. The summed E-state index contributed by atoms with van der Waals surface area (Å²) in [5.74, 6) is 0.443. The summed E-state index contributed by atoms with van der Waals surface area (Å²) in [4.78, 5) is 24.0. The molecule has 0 spiro atoms. The number of benzene rings is 2. The average Bonchev–Trinajstić information content (AvgIpc) is 2.70. The van der Waals surface area contributed by atoms with Crippen LogP contribution in [0.5, 0.6) is 17.2 Å². The fourth-order valence-corrected chi connectivity index (χ4v) is 2.49. The summed E-state index contributed by atoms with van der Waals surface area (Å²) in [5.41, 5.74) is 2.12. The van der Waals surface area contributed by atoms with Crippen molar-refractivity contribution in [2.75, 3.05) is 33.3 Å². The molecule has 0 saturated carbocycles. The Balaban J connectivity index is 1.95. The molecule has 1 amide bonds. The van der Waals surface area contributed by atoms with Crippen LogP contribution >= 0.6 is 0 Å². The molecule has 0 radical (unpaired) electrons. The maximum absolute atomic E-state index is 12.1. The number of carbonyl (C=O) groups is 2. The van der Waals surface area contributed by atoms with Gasteiger partial charge in [-0.05, 0) is 36.8 Å². The summed E-state index contributed by atoms with van der Waals surface area (Å²) < 4.78 is 20.7. The number of hydrogen-bond donors (Lipinski definition) is 1. The lowest BCUT2D eigenvalue weighted by Gasteiger charge is -2.11. The van der Waals surface area contributed by atoms with E-state index in [4.69, 9.17) is 18.9 Å². The van der Waals surface area contributed by atoms with E-state index in [9.17, 15) is 9.59 Å². The van der Waals surface area contributed by atoms with Crippen LogP contribution < -0.4 is 19.5 Å². The van der Waals surface area contributed by atoms with Gasteiger partial charge in [0.2, 0.25) is 0 Å². The van der Waals surface area contributed by atoms with Crippen molar-refractivity contribution in [1.82, 2.24) is 0 Å². The lowest BCUT2D eigenvalue weighted by Crippen LogP contribution is -2.20. The van der Waals surface area contributed by atoms with Gasteiger partial charge in [-0.2, -0.15) is 0 Å². The molecular formula is C21H23NO6. The molecular weight excluding hydrogens is 362 g/mol. The molecule has 0 atom stereocenters. The number of aryl methyl sites for hydroxylation is 1. The van der Waals surface area contributed by atoms with Gasteiger partial charge in [-0.15, -0.1) is 0 Å². The SMILES string of the molecule is COc1ccc(C)cc1NC(=O)COC(=O)/C=C/c1cccc(OC)c1OC. The molecule has 0 aliphatic carbocycles. The number of hydrogen-bond acceptors (Lipinski definition) is 6. The van der Waals surface area contributed by atoms with E-state index in [0.717, 1.165) is 5.56 Å². The zero-order chi connectivity index (χ0) is 20.5. The van der Waals surface area contributed by atoms with Crippen molar-refractivity contribution in [2.45, 2.75) is 6.92 Å². The molecule has 0 aliphatic heterocycles. The predicted molar refractivity (Wildman–Crippen MR) is 106 cm³/mol. The van der Waals surface area contributed by atoms with Crippen LogP contribution in [0.25, 0.3) is 6.08 Å². The number of amides is 1. The predicted octanol–water partition coefficient (Wildman–Crippen LogP) is 3.22. The van der Waals surface area contributed by atoms with E-state index in [0.29, 0.717) is 28.5 Å². The van der Waals surface area contributed by atoms with E-state index in [1.165, 1.54) is 33.5 Å². The largest absolute Gasteiger partial charge is 0.495 e. The minimum Gasteiger partial charge on any atom is -0.495 e. The van der Waals surface area contributed by atoms with Crippen LogP contribution in [0.4, 0.5) is 5.69 Å². The van der Waals surface area contributed by atoms with Crippen LogP contribution in [0.2, 0.25) is 0 Å². The summed E-state index contributed by atoms with van der Waals surface area (Å²) in [6, 6.07) is 10.7. The Hall–Kier alpha value is -3.48. The van der Waals surface area contributed by atoms with Crippen molar-refractivity contribution < 1.29 is 28.5 Å². The van der Waals surface area contributed by atoms with Crippen LogP contribution in [-0.2, 0) is 14.3 Å². The molecule has 0 bridgehead atoms. The number of ether oxygens (including phenoxy) is 4. The maximum Gasteiger partial charge on any atom is 0.331 e. The number of rotatable bonds is 8. The number of esters is 1. The normalized spacial score (nSPS) is 10.4. The van der Waals surface area contributed by atoms with Crippen LogP contribution in [0.1, 0.15) is 11.1 Å². The topological polar surface area (TPSA) is 83.1 Å². The zero-order valence-electron chi connectivity index (χ0n) is 16.3. The highest BCUT2D eigenvalue weighted by atomic mass is 16.5. The van der Waals surface area contributed by atoms with Gasteiger partial charge in [-0.3, -0.25) is 4.79 Å². The Kier molecular flexibility index (Phi) is 7.45. The molecule has 148 valence electrons. The molecule has 7 heteroatoms. The van der Waals surface area contributed by atoms with Gasteiger partial charge in [-0.1, -0.05) is 18.2 Å². The Morgan fingerprint density at radius 3 is 2.43 bits per heavy atom. The standard InChI is InChI=1S/C21H23NO6/c1-14-8-10-17(25-2)16(12-14)22-19(23)13-28-20(24)11-9-15-6-5-7-18(26-3)21(15)27-4/h5-12H,13H2,1-4H3,(H,22,23)/b11-9+. The molecule has 0 saturated heterocycles. The van der Waals surface area contributed by atoms with Gasteiger partial charge in [0.1, 0.15) is 5.75 Å². The van der Waals surface area contributed by atoms with E-state index < -0.39 is 18.5 Å². The number of methoxy groups -OCH3 is 3. The lowest BCUT2D eigenvalue weighted by atomic mass is 10.1. The van der Waals surface area contributed by atoms with E-state index in [1.54, 1.807) is 30.3 Å². The first-order chi connectivity index (χ1) is 13.5. The summed E-state index contributed by atoms with van der Waals surface area (Å²) in [5, 5.41) is 2.66. The maximum atomic E-state index is 12.1. The van der Waals surface area contributed by atoms with E-state index >= 15 is 0 Å². The minimum absolute atomic E-state index is 0.421. The van der Waals surface area contributed by atoms with Gasteiger partial charge in [0.05, 0.1) is 27.0 Å². The Labute approximate surface area is 163 Å². The second-order valence-corrected chi connectivity index (χ2v) is 5.78. The molecule has 0 fully saturated rings. The van der Waals surface area contributed by atoms with Crippen molar-refractivity contribution in [3.8, 4) is 17.2 Å². The molecule has 28 heavy (non-hydrogen) atoms. The molecule has 1 N–H and O–H groups in total.